The summed E-state index contributed by atoms with van der Waals surface area (Å²) in [6, 6.07) is 0.642. The Labute approximate surface area is 126 Å². The topological polar surface area (TPSA) is 38.5 Å². The van der Waals surface area contributed by atoms with Crippen molar-refractivity contribution in [2.24, 2.45) is 23.0 Å². The minimum Gasteiger partial charge on any atom is -0.380 e. The van der Waals surface area contributed by atoms with Crippen molar-refractivity contribution in [3.63, 3.8) is 0 Å². The van der Waals surface area contributed by atoms with Crippen LogP contribution in [0.3, 0.4) is 0 Å². The maximum Gasteiger partial charge on any atom is 0.0593 e. The number of likely N-dealkylation sites (N-methyl/N-ethyl adjacent to an activating group) is 1. The van der Waals surface area contributed by atoms with Gasteiger partial charge < -0.3 is 10.5 Å². The van der Waals surface area contributed by atoms with Gasteiger partial charge >= 0.3 is 0 Å². The Hall–Kier alpha value is -0.120. The van der Waals surface area contributed by atoms with Crippen LogP contribution in [0, 0.1) is 17.3 Å². The molecule has 2 N–H and O–H groups in total. The lowest BCUT2D eigenvalue weighted by Crippen LogP contribution is -2.49. The van der Waals surface area contributed by atoms with Crippen molar-refractivity contribution in [2.75, 3.05) is 32.8 Å². The zero-order chi connectivity index (χ0) is 15.2. The van der Waals surface area contributed by atoms with Gasteiger partial charge in [0.2, 0.25) is 0 Å². The van der Waals surface area contributed by atoms with Crippen LogP contribution in [-0.4, -0.2) is 43.8 Å². The second kappa shape index (κ2) is 8.35. The molecule has 0 aromatic carbocycles. The number of ether oxygens (including phenoxy) is 1. The first kappa shape index (κ1) is 17.9. The molecule has 0 radical (unpaired) electrons. The van der Waals surface area contributed by atoms with E-state index in [2.05, 4.69) is 39.5 Å². The number of rotatable bonds is 7. The standard InChI is InChI=1S/C17H36N2O/c1-6-19(10-11-20-7-2)16-12-15(17(3,4)5)9-8-14(16)13-18/h14-16H,6-13,18H2,1-5H3. The second-order valence-corrected chi connectivity index (χ2v) is 7.26. The molecule has 1 aliphatic rings. The molecule has 0 amide bonds. The highest BCUT2D eigenvalue weighted by Gasteiger charge is 2.37. The highest BCUT2D eigenvalue weighted by atomic mass is 16.5. The maximum atomic E-state index is 6.04. The van der Waals surface area contributed by atoms with E-state index in [-0.39, 0.29) is 0 Å². The van der Waals surface area contributed by atoms with Gasteiger partial charge in [-0.25, -0.2) is 0 Å². The highest BCUT2D eigenvalue weighted by Crippen LogP contribution is 2.41. The van der Waals surface area contributed by atoms with Crippen molar-refractivity contribution >= 4 is 0 Å². The van der Waals surface area contributed by atoms with Crippen molar-refractivity contribution in [3.8, 4) is 0 Å². The molecular formula is C17H36N2O. The number of nitrogens with two attached hydrogens (primary N) is 1. The van der Waals surface area contributed by atoms with Gasteiger partial charge in [-0.3, -0.25) is 4.90 Å². The molecule has 1 aliphatic carbocycles. The summed E-state index contributed by atoms with van der Waals surface area (Å²) in [4.78, 5) is 2.60. The van der Waals surface area contributed by atoms with Gasteiger partial charge in [0, 0.05) is 19.2 Å². The van der Waals surface area contributed by atoms with Crippen LogP contribution in [-0.2, 0) is 4.74 Å². The van der Waals surface area contributed by atoms with Crippen LogP contribution >= 0.6 is 0 Å². The van der Waals surface area contributed by atoms with Crippen LogP contribution in [0.15, 0.2) is 0 Å². The fourth-order valence-electron chi connectivity index (χ4n) is 3.60. The molecule has 3 heteroatoms. The quantitative estimate of drug-likeness (QED) is 0.730. The fraction of sp³-hybridized carbons (Fsp3) is 1.00. The summed E-state index contributed by atoms with van der Waals surface area (Å²) in [5.41, 5.74) is 6.45. The summed E-state index contributed by atoms with van der Waals surface area (Å²) >= 11 is 0. The minimum absolute atomic E-state index is 0.414. The normalized spacial score (nSPS) is 28.1. The van der Waals surface area contributed by atoms with Crippen LogP contribution < -0.4 is 5.73 Å². The summed E-state index contributed by atoms with van der Waals surface area (Å²) in [5, 5.41) is 0. The molecular weight excluding hydrogens is 248 g/mol. The average Bonchev–Trinajstić information content (AvgIpc) is 2.42. The Bertz CT molecular complexity index is 262. The van der Waals surface area contributed by atoms with E-state index in [4.69, 9.17) is 10.5 Å². The highest BCUT2D eigenvalue weighted by molar-refractivity contribution is 4.90. The molecule has 0 aromatic heterocycles. The molecule has 3 nitrogen and oxygen atoms in total. The van der Waals surface area contributed by atoms with E-state index >= 15 is 0 Å². The zero-order valence-corrected chi connectivity index (χ0v) is 14.3. The van der Waals surface area contributed by atoms with Gasteiger partial charge in [-0.2, -0.15) is 0 Å². The van der Waals surface area contributed by atoms with Gasteiger partial charge in [0.25, 0.3) is 0 Å². The Morgan fingerprint density at radius 1 is 1.20 bits per heavy atom. The fourth-order valence-corrected chi connectivity index (χ4v) is 3.60. The molecule has 3 atom stereocenters. The molecule has 0 bridgehead atoms. The van der Waals surface area contributed by atoms with Crippen molar-refractivity contribution in [2.45, 2.75) is 59.9 Å². The molecule has 0 aromatic rings. The number of hydrogen-bond donors (Lipinski definition) is 1. The zero-order valence-electron chi connectivity index (χ0n) is 14.3. The van der Waals surface area contributed by atoms with E-state index in [1.54, 1.807) is 0 Å². The van der Waals surface area contributed by atoms with E-state index in [1.807, 2.05) is 0 Å². The Morgan fingerprint density at radius 2 is 1.90 bits per heavy atom. The van der Waals surface area contributed by atoms with Crippen LogP contribution in [0.25, 0.3) is 0 Å². The Balaban J connectivity index is 2.68. The monoisotopic (exact) mass is 284 g/mol. The van der Waals surface area contributed by atoms with Gasteiger partial charge in [0.15, 0.2) is 0 Å². The van der Waals surface area contributed by atoms with Gasteiger partial charge in [-0.05, 0) is 56.5 Å². The first-order chi connectivity index (χ1) is 9.43. The Kier molecular flexibility index (Phi) is 7.49. The molecule has 0 heterocycles. The molecule has 120 valence electrons. The minimum atomic E-state index is 0.414. The molecule has 1 fully saturated rings. The van der Waals surface area contributed by atoms with Crippen LogP contribution in [0.1, 0.15) is 53.9 Å². The number of hydrogen-bond acceptors (Lipinski definition) is 3. The van der Waals surface area contributed by atoms with Gasteiger partial charge in [0.05, 0.1) is 6.61 Å². The average molecular weight is 284 g/mol. The van der Waals surface area contributed by atoms with Gasteiger partial charge in [-0.1, -0.05) is 27.7 Å². The molecule has 3 unspecified atom stereocenters. The lowest BCUT2D eigenvalue weighted by Gasteiger charge is -2.46. The second-order valence-electron chi connectivity index (χ2n) is 7.26. The predicted octanol–water partition coefficient (Wildman–Crippen LogP) is 3.13. The van der Waals surface area contributed by atoms with E-state index < -0.39 is 0 Å². The lowest BCUT2D eigenvalue weighted by molar-refractivity contribution is 0.0280. The maximum absolute atomic E-state index is 6.04. The molecule has 0 saturated heterocycles. The van der Waals surface area contributed by atoms with E-state index in [0.717, 1.165) is 38.8 Å². The predicted molar refractivity (Wildman–Crippen MR) is 86.9 cm³/mol. The molecule has 1 rings (SSSR count). The van der Waals surface area contributed by atoms with Crippen molar-refractivity contribution in [3.05, 3.63) is 0 Å². The van der Waals surface area contributed by atoms with Crippen LogP contribution in [0.2, 0.25) is 0 Å². The SMILES string of the molecule is CCOCCN(CC)C1CC(C(C)(C)C)CCC1CN. The van der Waals surface area contributed by atoms with Crippen molar-refractivity contribution in [1.29, 1.82) is 0 Å². The van der Waals surface area contributed by atoms with E-state index in [1.165, 1.54) is 19.3 Å². The number of nitrogens with zero attached hydrogens (tertiary/aromatic N) is 1. The van der Waals surface area contributed by atoms with Gasteiger partial charge in [-0.15, -0.1) is 0 Å². The van der Waals surface area contributed by atoms with Crippen LogP contribution in [0.5, 0.6) is 0 Å². The summed E-state index contributed by atoms with van der Waals surface area (Å²) in [5.74, 6) is 1.48. The summed E-state index contributed by atoms with van der Waals surface area (Å²) in [7, 11) is 0. The van der Waals surface area contributed by atoms with Crippen LogP contribution in [0.4, 0.5) is 0 Å². The summed E-state index contributed by atoms with van der Waals surface area (Å²) in [6.07, 6.45) is 3.92. The van der Waals surface area contributed by atoms with Crippen molar-refractivity contribution in [1.82, 2.24) is 4.90 Å². The summed E-state index contributed by atoms with van der Waals surface area (Å²) in [6.45, 7) is 16.1. The molecule has 20 heavy (non-hydrogen) atoms. The third kappa shape index (κ3) is 5.01. The summed E-state index contributed by atoms with van der Waals surface area (Å²) < 4.78 is 5.55. The molecule has 0 spiro atoms. The molecule has 1 saturated carbocycles. The largest absolute Gasteiger partial charge is 0.380 e. The molecule has 0 aliphatic heterocycles. The van der Waals surface area contributed by atoms with E-state index in [0.29, 0.717) is 17.4 Å². The van der Waals surface area contributed by atoms with E-state index in [9.17, 15) is 0 Å². The smallest absolute Gasteiger partial charge is 0.0593 e. The Morgan fingerprint density at radius 3 is 2.40 bits per heavy atom. The first-order valence-corrected chi connectivity index (χ1v) is 8.45. The van der Waals surface area contributed by atoms with Gasteiger partial charge in [0.1, 0.15) is 0 Å². The lowest BCUT2D eigenvalue weighted by atomic mass is 9.67. The third-order valence-electron chi connectivity index (χ3n) is 5.09. The van der Waals surface area contributed by atoms with Crippen molar-refractivity contribution < 1.29 is 4.74 Å². The third-order valence-corrected chi connectivity index (χ3v) is 5.09. The first-order valence-electron chi connectivity index (χ1n) is 8.45.